The molecule has 0 spiro atoms. The highest BCUT2D eigenvalue weighted by molar-refractivity contribution is 5.81. The normalized spacial score (nSPS) is 22.4. The second-order valence-corrected chi connectivity index (χ2v) is 5.77. The Hall–Kier alpha value is -1.58. The number of amides is 1. The van der Waals surface area contributed by atoms with Crippen LogP contribution in [0.4, 0.5) is 10.1 Å². The number of benzene rings is 1. The summed E-state index contributed by atoms with van der Waals surface area (Å²) in [6, 6.07) is 5.22. The largest absolute Gasteiger partial charge is 0.374 e. The minimum atomic E-state index is -0.316. The lowest BCUT2D eigenvalue weighted by Crippen LogP contribution is -2.43. The lowest BCUT2D eigenvalue weighted by atomic mass is 9.86. The van der Waals surface area contributed by atoms with Crippen molar-refractivity contribution < 1.29 is 9.18 Å². The summed E-state index contributed by atoms with van der Waals surface area (Å²) >= 11 is 0. The summed E-state index contributed by atoms with van der Waals surface area (Å²) in [5.74, 6) is 0.149. The summed E-state index contributed by atoms with van der Waals surface area (Å²) in [6.07, 6.45) is 4.65. The second kappa shape index (κ2) is 6.73. The first-order chi connectivity index (χ1) is 9.56. The zero-order valence-corrected chi connectivity index (χ0v) is 12.2. The summed E-state index contributed by atoms with van der Waals surface area (Å²) in [4.78, 5) is 11.9. The first-order valence-electron chi connectivity index (χ1n) is 7.35. The molecule has 3 nitrogen and oxygen atoms in total. The van der Waals surface area contributed by atoms with Gasteiger partial charge in [-0.05, 0) is 43.4 Å². The number of aryl methyl sites for hydroxylation is 1. The average molecular weight is 278 g/mol. The maximum absolute atomic E-state index is 13.6. The Morgan fingerprint density at radius 1 is 1.35 bits per heavy atom. The zero-order chi connectivity index (χ0) is 14.5. The van der Waals surface area contributed by atoms with Gasteiger partial charge in [-0.15, -0.1) is 0 Å². The molecule has 0 radical (unpaired) electrons. The van der Waals surface area contributed by atoms with Crippen molar-refractivity contribution in [2.45, 2.75) is 45.6 Å². The lowest BCUT2D eigenvalue weighted by molar-refractivity contribution is -0.120. The van der Waals surface area contributed by atoms with Crippen LogP contribution in [0.2, 0.25) is 0 Å². The molecule has 1 aliphatic carbocycles. The number of hydrogen-bond acceptors (Lipinski definition) is 2. The van der Waals surface area contributed by atoms with Crippen LogP contribution in [0.3, 0.4) is 0 Å². The van der Waals surface area contributed by atoms with E-state index in [0.29, 0.717) is 11.6 Å². The number of carbonyl (C=O) groups is 1. The number of halogens is 1. The Morgan fingerprint density at radius 3 is 2.80 bits per heavy atom. The molecule has 1 saturated carbocycles. The van der Waals surface area contributed by atoms with Crippen molar-refractivity contribution in [3.8, 4) is 0 Å². The van der Waals surface area contributed by atoms with E-state index in [1.165, 1.54) is 25.3 Å². The van der Waals surface area contributed by atoms with Gasteiger partial charge in [0.15, 0.2) is 0 Å². The van der Waals surface area contributed by atoms with Crippen LogP contribution in [-0.4, -0.2) is 18.5 Å². The van der Waals surface area contributed by atoms with Crippen LogP contribution in [0.5, 0.6) is 0 Å². The topological polar surface area (TPSA) is 41.1 Å². The van der Waals surface area contributed by atoms with Gasteiger partial charge in [0.1, 0.15) is 5.82 Å². The molecule has 0 bridgehead atoms. The third-order valence-corrected chi connectivity index (χ3v) is 4.02. The molecular formula is C16H23FN2O. The Morgan fingerprint density at radius 2 is 2.10 bits per heavy atom. The van der Waals surface area contributed by atoms with Gasteiger partial charge in [0.05, 0.1) is 12.2 Å². The van der Waals surface area contributed by atoms with Crippen molar-refractivity contribution in [3.05, 3.63) is 29.6 Å². The summed E-state index contributed by atoms with van der Waals surface area (Å²) in [7, 11) is 0. The number of carbonyl (C=O) groups excluding carboxylic acids is 1. The van der Waals surface area contributed by atoms with E-state index in [-0.39, 0.29) is 24.3 Å². The molecule has 0 aliphatic heterocycles. The Kier molecular flexibility index (Phi) is 4.99. The third-order valence-electron chi connectivity index (χ3n) is 4.02. The fourth-order valence-electron chi connectivity index (χ4n) is 2.73. The second-order valence-electron chi connectivity index (χ2n) is 5.77. The van der Waals surface area contributed by atoms with Gasteiger partial charge in [-0.3, -0.25) is 4.79 Å². The average Bonchev–Trinajstić information content (AvgIpc) is 2.40. The molecule has 2 rings (SSSR count). The summed E-state index contributed by atoms with van der Waals surface area (Å²) < 4.78 is 13.6. The number of anilines is 1. The van der Waals surface area contributed by atoms with Gasteiger partial charge in [0.2, 0.25) is 5.91 Å². The minimum absolute atomic E-state index is 0.0660. The number of nitrogens with one attached hydrogen (secondary N) is 2. The SMILES string of the molecule is Cc1ccc(NCC(=O)NC2CCCCC2C)c(F)c1. The monoisotopic (exact) mass is 278 g/mol. The molecule has 4 heteroatoms. The van der Waals surface area contributed by atoms with E-state index in [2.05, 4.69) is 17.6 Å². The van der Waals surface area contributed by atoms with Gasteiger partial charge < -0.3 is 10.6 Å². The van der Waals surface area contributed by atoms with Crippen molar-refractivity contribution in [2.75, 3.05) is 11.9 Å². The van der Waals surface area contributed by atoms with Gasteiger partial charge in [-0.2, -0.15) is 0 Å². The Balaban J connectivity index is 1.82. The predicted molar refractivity (Wildman–Crippen MR) is 79.2 cm³/mol. The molecule has 20 heavy (non-hydrogen) atoms. The first-order valence-corrected chi connectivity index (χ1v) is 7.35. The molecule has 0 aromatic heterocycles. The molecule has 1 amide bonds. The van der Waals surface area contributed by atoms with Crippen molar-refractivity contribution in [2.24, 2.45) is 5.92 Å². The molecular weight excluding hydrogens is 255 g/mol. The smallest absolute Gasteiger partial charge is 0.239 e. The van der Waals surface area contributed by atoms with Gasteiger partial charge in [-0.1, -0.05) is 25.8 Å². The zero-order valence-electron chi connectivity index (χ0n) is 12.2. The summed E-state index contributed by atoms with van der Waals surface area (Å²) in [5.41, 5.74) is 1.25. The molecule has 1 aliphatic rings. The highest BCUT2D eigenvalue weighted by Gasteiger charge is 2.22. The van der Waals surface area contributed by atoms with E-state index in [1.807, 2.05) is 13.0 Å². The van der Waals surface area contributed by atoms with Crippen molar-refractivity contribution in [1.82, 2.24) is 5.32 Å². The maximum atomic E-state index is 13.6. The van der Waals surface area contributed by atoms with Crippen LogP contribution in [0.15, 0.2) is 18.2 Å². The highest BCUT2D eigenvalue weighted by atomic mass is 19.1. The molecule has 2 N–H and O–H groups in total. The molecule has 1 aromatic rings. The minimum Gasteiger partial charge on any atom is -0.374 e. The molecule has 1 aromatic carbocycles. The van der Waals surface area contributed by atoms with Gasteiger partial charge in [0.25, 0.3) is 0 Å². The molecule has 110 valence electrons. The van der Waals surface area contributed by atoms with Crippen molar-refractivity contribution in [3.63, 3.8) is 0 Å². The quantitative estimate of drug-likeness (QED) is 0.887. The van der Waals surface area contributed by atoms with Crippen LogP contribution in [0.25, 0.3) is 0 Å². The third kappa shape index (κ3) is 3.95. The van der Waals surface area contributed by atoms with Crippen LogP contribution in [0.1, 0.15) is 38.2 Å². The predicted octanol–water partition coefficient (Wildman–Crippen LogP) is 3.24. The van der Waals surface area contributed by atoms with Crippen LogP contribution in [0, 0.1) is 18.7 Å². The van der Waals surface area contributed by atoms with Crippen LogP contribution >= 0.6 is 0 Å². The van der Waals surface area contributed by atoms with E-state index in [1.54, 1.807) is 6.07 Å². The van der Waals surface area contributed by atoms with Gasteiger partial charge in [0, 0.05) is 6.04 Å². The molecule has 0 heterocycles. The fourth-order valence-corrected chi connectivity index (χ4v) is 2.73. The van der Waals surface area contributed by atoms with E-state index in [9.17, 15) is 9.18 Å². The molecule has 2 unspecified atom stereocenters. The van der Waals surface area contributed by atoms with E-state index >= 15 is 0 Å². The van der Waals surface area contributed by atoms with Crippen molar-refractivity contribution in [1.29, 1.82) is 0 Å². The number of hydrogen-bond donors (Lipinski definition) is 2. The number of rotatable bonds is 4. The molecule has 0 saturated heterocycles. The first kappa shape index (κ1) is 14.8. The lowest BCUT2D eigenvalue weighted by Gasteiger charge is -2.29. The van der Waals surface area contributed by atoms with Crippen LogP contribution < -0.4 is 10.6 Å². The van der Waals surface area contributed by atoms with Crippen LogP contribution in [-0.2, 0) is 4.79 Å². The van der Waals surface area contributed by atoms with Gasteiger partial charge >= 0.3 is 0 Å². The Labute approximate surface area is 120 Å². The molecule has 1 fully saturated rings. The van der Waals surface area contributed by atoms with Crippen molar-refractivity contribution >= 4 is 11.6 Å². The molecule has 2 atom stereocenters. The standard InChI is InChI=1S/C16H23FN2O/c1-11-7-8-15(13(17)9-11)18-10-16(20)19-14-6-4-3-5-12(14)2/h7-9,12,14,18H,3-6,10H2,1-2H3,(H,19,20). The van der Waals surface area contributed by atoms with E-state index in [4.69, 9.17) is 0 Å². The van der Waals surface area contributed by atoms with E-state index < -0.39 is 0 Å². The van der Waals surface area contributed by atoms with E-state index in [0.717, 1.165) is 12.0 Å². The fraction of sp³-hybridized carbons (Fsp3) is 0.562. The summed E-state index contributed by atoms with van der Waals surface area (Å²) in [5, 5.41) is 5.90. The van der Waals surface area contributed by atoms with Gasteiger partial charge in [-0.25, -0.2) is 4.39 Å². The highest BCUT2D eigenvalue weighted by Crippen LogP contribution is 2.23. The maximum Gasteiger partial charge on any atom is 0.239 e. The Bertz CT molecular complexity index is 476. The summed E-state index contributed by atoms with van der Waals surface area (Å²) in [6.45, 7) is 4.13.